The lowest BCUT2D eigenvalue weighted by molar-refractivity contribution is 0.0512. The van der Waals surface area contributed by atoms with E-state index in [0.717, 1.165) is 0 Å². The number of carbonyl (C=O) groups is 6. The van der Waals surface area contributed by atoms with Crippen molar-refractivity contribution in [2.45, 2.75) is 0 Å². The van der Waals surface area contributed by atoms with Crippen LogP contribution in [0.5, 0.6) is 11.5 Å². The van der Waals surface area contributed by atoms with Crippen LogP contribution < -0.4 is 10.9 Å². The van der Waals surface area contributed by atoms with Gasteiger partial charge in [0.1, 0.15) is 34.8 Å². The molecule has 12 nitrogen and oxygen atoms in total. The minimum atomic E-state index is -0.915. The lowest BCUT2D eigenvalue weighted by Gasteiger charge is -2.18. The highest BCUT2D eigenvalue weighted by Gasteiger charge is 2.39. The third-order valence-electron chi connectivity index (χ3n) is 11.4. The molecule has 10 rings (SSSR count). The lowest BCUT2D eigenvalue weighted by atomic mass is 9.93. The van der Waals surface area contributed by atoms with Crippen molar-refractivity contribution in [3.8, 4) is 56.0 Å². The maximum Gasteiger partial charge on any atom is 0.280 e. The minimum Gasteiger partial charge on any atom is -0.507 e. The number of aromatic hydroxyl groups is 2. The second kappa shape index (κ2) is 18.5. The molecule has 8 aromatic carbocycles. The van der Waals surface area contributed by atoms with Gasteiger partial charge >= 0.3 is 0 Å². The Kier molecular flexibility index (Phi) is 12.0. The summed E-state index contributed by atoms with van der Waals surface area (Å²) in [6.07, 6.45) is 0. The molecule has 4 N–H and O–H groups in total. The maximum absolute atomic E-state index is 13.6. The van der Waals surface area contributed by atoms with Crippen molar-refractivity contribution >= 4 is 35.4 Å². The number of carbonyl (C=O) groups excluding carboxylic acids is 6. The normalized spacial score (nSPS) is 12.6. The highest BCUT2D eigenvalue weighted by molar-refractivity contribution is 6.23. The zero-order valence-corrected chi connectivity index (χ0v) is 35.9. The standard InChI is InChI=1S/2C27H16F2N2O4/c2*28-18-9-5-15(6-10-18)17-13-22(16-7-11-19(29)12-8-16)24(23(32)14-17)25(33)30-31-26(34)20-3-1-2-4-21(20)27(31)35/h2*1-14,32H,(H,30,33). The topological polar surface area (TPSA) is 173 Å². The van der Waals surface area contributed by atoms with Gasteiger partial charge in [0.05, 0.1) is 33.4 Å². The van der Waals surface area contributed by atoms with Gasteiger partial charge in [0.15, 0.2) is 0 Å². The third-order valence-corrected chi connectivity index (χ3v) is 11.4. The van der Waals surface area contributed by atoms with E-state index in [4.69, 9.17) is 0 Å². The van der Waals surface area contributed by atoms with E-state index in [-0.39, 0.29) is 44.5 Å². The van der Waals surface area contributed by atoms with Crippen LogP contribution in [0.2, 0.25) is 0 Å². The second-order valence-electron chi connectivity index (χ2n) is 15.7. The van der Waals surface area contributed by atoms with Gasteiger partial charge in [-0.15, -0.1) is 0 Å². The summed E-state index contributed by atoms with van der Waals surface area (Å²) in [5, 5.41) is 22.9. The van der Waals surface area contributed by atoms with Crippen molar-refractivity contribution in [1.82, 2.24) is 20.9 Å². The molecular formula is C54H32F4N4O8. The number of phenolic OH excluding ortho intramolecular Hbond substituents is 2. The van der Waals surface area contributed by atoms with Crippen LogP contribution in [-0.4, -0.2) is 55.7 Å². The van der Waals surface area contributed by atoms with Crippen molar-refractivity contribution in [2.24, 2.45) is 0 Å². The van der Waals surface area contributed by atoms with Crippen LogP contribution >= 0.6 is 0 Å². The van der Waals surface area contributed by atoms with E-state index < -0.39 is 70.2 Å². The number of hydrogen-bond donors (Lipinski definition) is 4. The van der Waals surface area contributed by atoms with Gasteiger partial charge in [0.25, 0.3) is 35.4 Å². The highest BCUT2D eigenvalue weighted by Crippen LogP contribution is 2.38. The Morgan fingerprint density at radius 3 is 0.871 bits per heavy atom. The molecule has 0 spiro atoms. The quantitative estimate of drug-likeness (QED) is 0.0861. The summed E-state index contributed by atoms with van der Waals surface area (Å²) in [7, 11) is 0. The van der Waals surface area contributed by atoms with Gasteiger partial charge in [-0.3, -0.25) is 39.6 Å². The Hall–Kier alpha value is -9.70. The molecule has 2 heterocycles. The number of halogens is 4. The van der Waals surface area contributed by atoms with Crippen LogP contribution in [-0.2, 0) is 0 Å². The first kappa shape index (κ1) is 45.5. The average molecular weight is 941 g/mol. The van der Waals surface area contributed by atoms with Gasteiger partial charge < -0.3 is 10.2 Å². The molecule has 2 aliphatic rings. The fourth-order valence-corrected chi connectivity index (χ4v) is 7.96. The molecule has 8 aromatic rings. The van der Waals surface area contributed by atoms with Crippen molar-refractivity contribution in [2.75, 3.05) is 0 Å². The molecule has 70 heavy (non-hydrogen) atoms. The first-order chi connectivity index (χ1) is 33.7. The van der Waals surface area contributed by atoms with Crippen molar-refractivity contribution in [1.29, 1.82) is 0 Å². The molecule has 0 bridgehead atoms. The van der Waals surface area contributed by atoms with Crippen LogP contribution in [0, 0.1) is 23.3 Å². The van der Waals surface area contributed by atoms with Crippen LogP contribution in [0.15, 0.2) is 170 Å². The molecular weight excluding hydrogens is 909 g/mol. The number of nitrogens with one attached hydrogen (secondary N) is 2. The van der Waals surface area contributed by atoms with E-state index in [9.17, 15) is 56.5 Å². The third kappa shape index (κ3) is 8.70. The van der Waals surface area contributed by atoms with Gasteiger partial charge in [-0.1, -0.05) is 72.8 Å². The number of imide groups is 2. The molecule has 2 aliphatic heterocycles. The van der Waals surface area contributed by atoms with E-state index in [2.05, 4.69) is 10.9 Å². The second-order valence-corrected chi connectivity index (χ2v) is 15.7. The SMILES string of the molecule is O=C(NN1C(=O)c2ccccc2C1=O)c1c(O)cc(-c2ccc(F)cc2)cc1-c1ccc(F)cc1.O=C(NN1C(=O)c2ccccc2C1=O)c1c(O)cc(-c2ccc(F)cc2)cc1-c1ccc(F)cc1. The molecule has 0 saturated carbocycles. The fourth-order valence-electron chi connectivity index (χ4n) is 7.96. The highest BCUT2D eigenvalue weighted by atomic mass is 19.1. The monoisotopic (exact) mass is 940 g/mol. The lowest BCUT2D eigenvalue weighted by Crippen LogP contribution is -2.46. The molecule has 0 aliphatic carbocycles. The number of nitrogens with zero attached hydrogens (tertiary/aromatic N) is 2. The molecule has 0 aromatic heterocycles. The molecule has 0 unspecified atom stereocenters. The summed E-state index contributed by atoms with van der Waals surface area (Å²) in [5.41, 5.74) is 8.02. The zero-order chi connectivity index (χ0) is 49.4. The van der Waals surface area contributed by atoms with Gasteiger partial charge in [-0.2, -0.15) is 10.0 Å². The largest absolute Gasteiger partial charge is 0.507 e. The van der Waals surface area contributed by atoms with Crippen LogP contribution in [0.25, 0.3) is 44.5 Å². The number of rotatable bonds is 8. The summed E-state index contributed by atoms with van der Waals surface area (Å²) in [6.45, 7) is 0. The average Bonchev–Trinajstić information content (AvgIpc) is 3.74. The predicted octanol–water partition coefficient (Wildman–Crippen LogP) is 9.89. The smallest absolute Gasteiger partial charge is 0.280 e. The number of benzene rings is 8. The molecule has 344 valence electrons. The summed E-state index contributed by atoms with van der Waals surface area (Å²) in [6, 6.07) is 39.7. The van der Waals surface area contributed by atoms with Gasteiger partial charge in [0.2, 0.25) is 0 Å². The Morgan fingerprint density at radius 2 is 0.600 bits per heavy atom. The Morgan fingerprint density at radius 1 is 0.343 bits per heavy atom. The predicted molar refractivity (Wildman–Crippen MR) is 247 cm³/mol. The minimum absolute atomic E-state index is 0.146. The number of hydrogen-bond acceptors (Lipinski definition) is 8. The number of amides is 6. The van der Waals surface area contributed by atoms with Crippen LogP contribution in [0.1, 0.15) is 62.1 Å². The Balaban J connectivity index is 0.000000174. The van der Waals surface area contributed by atoms with Crippen molar-refractivity contribution in [3.05, 3.63) is 227 Å². The first-order valence-electron chi connectivity index (χ1n) is 21.0. The number of fused-ring (bicyclic) bond motifs is 2. The van der Waals surface area contributed by atoms with Gasteiger partial charge in [-0.05, 0) is 142 Å². The number of phenols is 2. The van der Waals surface area contributed by atoms with Gasteiger partial charge in [-0.25, -0.2) is 17.6 Å². The molecule has 16 heteroatoms. The summed E-state index contributed by atoms with van der Waals surface area (Å²) >= 11 is 0. The van der Waals surface area contributed by atoms with E-state index in [0.29, 0.717) is 43.4 Å². The fraction of sp³-hybridized carbons (Fsp3) is 0. The van der Waals surface area contributed by atoms with Crippen LogP contribution in [0.4, 0.5) is 17.6 Å². The maximum atomic E-state index is 13.6. The van der Waals surface area contributed by atoms with Crippen molar-refractivity contribution in [3.63, 3.8) is 0 Å². The van der Waals surface area contributed by atoms with Crippen LogP contribution in [0.3, 0.4) is 0 Å². The number of hydrazine groups is 2. The van der Waals surface area contributed by atoms with E-state index in [1.165, 1.54) is 133 Å². The molecule has 0 radical (unpaired) electrons. The Labute approximate surface area is 394 Å². The van der Waals surface area contributed by atoms with Crippen molar-refractivity contribution < 1.29 is 56.5 Å². The molecule has 0 fully saturated rings. The van der Waals surface area contributed by atoms with Gasteiger partial charge in [0, 0.05) is 0 Å². The summed E-state index contributed by atoms with van der Waals surface area (Å²) in [4.78, 5) is 77.2. The van der Waals surface area contributed by atoms with E-state index in [1.807, 2.05) is 0 Å². The zero-order valence-electron chi connectivity index (χ0n) is 35.9. The molecule has 0 saturated heterocycles. The first-order valence-corrected chi connectivity index (χ1v) is 21.0. The van der Waals surface area contributed by atoms with E-state index in [1.54, 1.807) is 36.4 Å². The summed E-state index contributed by atoms with van der Waals surface area (Å²) < 4.78 is 53.9. The molecule has 0 atom stereocenters. The Bertz CT molecular complexity index is 3160. The van der Waals surface area contributed by atoms with E-state index >= 15 is 0 Å². The summed E-state index contributed by atoms with van der Waals surface area (Å²) in [5.74, 6) is -7.40. The molecule has 6 amide bonds.